The number of alkyl halides is 1. The molecule has 0 bridgehead atoms. The van der Waals surface area contributed by atoms with Crippen LogP contribution in [0.5, 0.6) is 5.88 Å². The molecular weight excluding hydrogens is 258 g/mol. The second-order valence-electron chi connectivity index (χ2n) is 3.57. The Bertz CT molecular complexity index is 583. The molecule has 7 nitrogen and oxygen atoms in total. The molecule has 2 N–H and O–H groups in total. The number of halogens is 1. The van der Waals surface area contributed by atoms with Gasteiger partial charge in [0.05, 0.1) is 7.11 Å². The summed E-state index contributed by atoms with van der Waals surface area (Å²) in [6.45, 7) is 0.00287. The highest BCUT2D eigenvalue weighted by molar-refractivity contribution is 6.17. The van der Waals surface area contributed by atoms with Crippen LogP contribution in [0.15, 0.2) is 6.33 Å². The smallest absolute Gasteiger partial charge is 0.245 e. The molecule has 2 aromatic heterocycles. The summed E-state index contributed by atoms with van der Waals surface area (Å²) in [5.41, 5.74) is 6.23. The predicted octanol–water partition coefficient (Wildman–Crippen LogP) is 0.101. The monoisotopic (exact) mass is 269 g/mol. The first-order chi connectivity index (χ1) is 8.67. The third kappa shape index (κ3) is 2.21. The van der Waals surface area contributed by atoms with Crippen molar-refractivity contribution in [1.29, 1.82) is 0 Å². The molecule has 0 saturated carbocycles. The molecule has 2 heterocycles. The van der Waals surface area contributed by atoms with E-state index in [0.717, 1.165) is 0 Å². The third-order valence-corrected chi connectivity index (χ3v) is 2.59. The number of hydrogen-bond acceptors (Lipinski definition) is 5. The van der Waals surface area contributed by atoms with Crippen molar-refractivity contribution in [3.63, 3.8) is 0 Å². The molecule has 0 aliphatic heterocycles. The average Bonchev–Trinajstić information content (AvgIpc) is 2.67. The zero-order chi connectivity index (χ0) is 13.1. The minimum Gasteiger partial charge on any atom is -0.479 e. The topological polar surface area (TPSA) is 95.9 Å². The van der Waals surface area contributed by atoms with E-state index in [1.807, 2.05) is 0 Å². The van der Waals surface area contributed by atoms with Crippen LogP contribution in [0.1, 0.15) is 5.82 Å². The molecule has 96 valence electrons. The van der Waals surface area contributed by atoms with Gasteiger partial charge in [0, 0.05) is 12.3 Å². The SMILES string of the molecule is COc1ncnc2c1nc(CCCl)n2CC(N)=O. The molecule has 0 aliphatic carbocycles. The summed E-state index contributed by atoms with van der Waals surface area (Å²) in [5, 5.41) is 0. The van der Waals surface area contributed by atoms with Gasteiger partial charge in [0.15, 0.2) is 11.2 Å². The molecule has 0 aliphatic rings. The van der Waals surface area contributed by atoms with Crippen LogP contribution < -0.4 is 10.5 Å². The van der Waals surface area contributed by atoms with Gasteiger partial charge >= 0.3 is 0 Å². The van der Waals surface area contributed by atoms with Crippen molar-refractivity contribution < 1.29 is 9.53 Å². The number of imidazole rings is 1. The summed E-state index contributed by atoms with van der Waals surface area (Å²) in [4.78, 5) is 23.5. The first-order valence-electron chi connectivity index (χ1n) is 5.25. The Morgan fingerprint density at radius 1 is 1.56 bits per heavy atom. The van der Waals surface area contributed by atoms with E-state index in [1.165, 1.54) is 13.4 Å². The van der Waals surface area contributed by atoms with Crippen molar-refractivity contribution >= 4 is 28.7 Å². The van der Waals surface area contributed by atoms with Gasteiger partial charge in [-0.25, -0.2) is 9.97 Å². The van der Waals surface area contributed by atoms with Gasteiger partial charge in [-0.3, -0.25) is 4.79 Å². The molecule has 2 aromatic rings. The first kappa shape index (κ1) is 12.6. The van der Waals surface area contributed by atoms with Crippen molar-refractivity contribution in [3.05, 3.63) is 12.2 Å². The van der Waals surface area contributed by atoms with Gasteiger partial charge in [0.25, 0.3) is 0 Å². The van der Waals surface area contributed by atoms with Gasteiger partial charge in [-0.05, 0) is 0 Å². The normalized spacial score (nSPS) is 10.8. The number of rotatable bonds is 5. The molecule has 0 aromatic carbocycles. The van der Waals surface area contributed by atoms with E-state index < -0.39 is 5.91 Å². The minimum absolute atomic E-state index is 0.00287. The molecule has 2 rings (SSSR count). The lowest BCUT2D eigenvalue weighted by Crippen LogP contribution is -2.20. The van der Waals surface area contributed by atoms with E-state index in [2.05, 4.69) is 15.0 Å². The van der Waals surface area contributed by atoms with E-state index in [9.17, 15) is 4.79 Å². The van der Waals surface area contributed by atoms with Crippen molar-refractivity contribution in [1.82, 2.24) is 19.5 Å². The van der Waals surface area contributed by atoms with Crippen molar-refractivity contribution in [2.24, 2.45) is 5.73 Å². The quantitative estimate of drug-likeness (QED) is 0.777. The lowest BCUT2D eigenvalue weighted by molar-refractivity contribution is -0.118. The van der Waals surface area contributed by atoms with Crippen molar-refractivity contribution in [3.8, 4) is 5.88 Å². The van der Waals surface area contributed by atoms with E-state index in [1.54, 1.807) is 4.57 Å². The van der Waals surface area contributed by atoms with Gasteiger partial charge in [-0.15, -0.1) is 11.6 Å². The van der Waals surface area contributed by atoms with E-state index in [4.69, 9.17) is 22.1 Å². The zero-order valence-corrected chi connectivity index (χ0v) is 10.5. The number of carbonyl (C=O) groups excluding carboxylic acids is 1. The maximum atomic E-state index is 11.1. The molecular formula is C10H12ClN5O2. The van der Waals surface area contributed by atoms with Gasteiger partial charge in [0.1, 0.15) is 18.7 Å². The Labute approximate surface area is 108 Å². The summed E-state index contributed by atoms with van der Waals surface area (Å²) in [6, 6.07) is 0. The van der Waals surface area contributed by atoms with Crippen LogP contribution in [0, 0.1) is 0 Å². The molecule has 8 heteroatoms. The van der Waals surface area contributed by atoms with E-state index in [0.29, 0.717) is 35.2 Å². The number of methoxy groups -OCH3 is 1. The Hall–Kier alpha value is -1.89. The van der Waals surface area contributed by atoms with Crippen LogP contribution in [0.3, 0.4) is 0 Å². The van der Waals surface area contributed by atoms with Crippen LogP contribution in [0.2, 0.25) is 0 Å². The van der Waals surface area contributed by atoms with Gasteiger partial charge in [-0.2, -0.15) is 4.98 Å². The lowest BCUT2D eigenvalue weighted by atomic mass is 10.4. The molecule has 0 saturated heterocycles. The standard InChI is InChI=1S/C10H12ClN5O2/c1-18-10-8-9(13-5-14-10)16(4-6(12)17)7(15-8)2-3-11/h5H,2-4H2,1H3,(H2,12,17). The first-order valence-corrected chi connectivity index (χ1v) is 5.79. The van der Waals surface area contributed by atoms with Gasteiger partial charge in [-0.1, -0.05) is 0 Å². The minimum atomic E-state index is -0.470. The summed E-state index contributed by atoms with van der Waals surface area (Å²) >= 11 is 5.71. The summed E-state index contributed by atoms with van der Waals surface area (Å²) in [5.74, 6) is 0.914. The number of nitrogens with two attached hydrogens (primary N) is 1. The second-order valence-corrected chi connectivity index (χ2v) is 3.95. The van der Waals surface area contributed by atoms with Crippen LogP contribution >= 0.6 is 11.6 Å². The van der Waals surface area contributed by atoms with E-state index in [-0.39, 0.29) is 6.54 Å². The van der Waals surface area contributed by atoms with Gasteiger partial charge in [0.2, 0.25) is 11.8 Å². The largest absolute Gasteiger partial charge is 0.479 e. The second kappa shape index (κ2) is 5.18. The van der Waals surface area contributed by atoms with Crippen LogP contribution in [-0.2, 0) is 17.8 Å². The third-order valence-electron chi connectivity index (χ3n) is 2.40. The molecule has 0 spiro atoms. The lowest BCUT2D eigenvalue weighted by Gasteiger charge is -2.04. The molecule has 18 heavy (non-hydrogen) atoms. The Balaban J connectivity index is 2.62. The predicted molar refractivity (Wildman–Crippen MR) is 65.5 cm³/mol. The summed E-state index contributed by atoms with van der Waals surface area (Å²) < 4.78 is 6.73. The summed E-state index contributed by atoms with van der Waals surface area (Å²) in [7, 11) is 1.50. The number of hydrogen-bond donors (Lipinski definition) is 1. The average molecular weight is 270 g/mol. The number of primary amides is 1. The fourth-order valence-corrected chi connectivity index (χ4v) is 1.88. The van der Waals surface area contributed by atoms with E-state index >= 15 is 0 Å². The highest BCUT2D eigenvalue weighted by Gasteiger charge is 2.16. The van der Waals surface area contributed by atoms with Gasteiger partial charge < -0.3 is 15.0 Å². The summed E-state index contributed by atoms with van der Waals surface area (Å²) in [6.07, 6.45) is 1.86. The van der Waals surface area contributed by atoms with Crippen molar-refractivity contribution in [2.75, 3.05) is 13.0 Å². The van der Waals surface area contributed by atoms with Crippen molar-refractivity contribution in [2.45, 2.75) is 13.0 Å². The Morgan fingerprint density at radius 2 is 2.33 bits per heavy atom. The molecule has 0 atom stereocenters. The fourth-order valence-electron chi connectivity index (χ4n) is 1.71. The maximum Gasteiger partial charge on any atom is 0.245 e. The molecule has 0 radical (unpaired) electrons. The number of nitrogens with zero attached hydrogens (tertiary/aromatic N) is 4. The van der Waals surface area contributed by atoms with Crippen LogP contribution in [0.4, 0.5) is 0 Å². The molecule has 0 fully saturated rings. The Morgan fingerprint density at radius 3 is 2.94 bits per heavy atom. The highest BCUT2D eigenvalue weighted by atomic mass is 35.5. The number of amides is 1. The molecule has 0 unspecified atom stereocenters. The number of ether oxygens (including phenoxy) is 1. The zero-order valence-electron chi connectivity index (χ0n) is 9.76. The molecule has 1 amide bonds. The number of fused-ring (bicyclic) bond motifs is 1. The highest BCUT2D eigenvalue weighted by Crippen LogP contribution is 2.21. The van der Waals surface area contributed by atoms with Crippen LogP contribution in [-0.4, -0.2) is 38.4 Å². The number of aryl methyl sites for hydroxylation is 1. The van der Waals surface area contributed by atoms with Crippen LogP contribution in [0.25, 0.3) is 11.2 Å². The maximum absolute atomic E-state index is 11.1. The number of carbonyl (C=O) groups is 1. The number of aromatic nitrogens is 4. The fraction of sp³-hybridized carbons (Fsp3) is 0.400. The Kier molecular flexibility index (Phi) is 3.61.